The van der Waals surface area contributed by atoms with Crippen LogP contribution in [-0.2, 0) is 0 Å². The summed E-state index contributed by atoms with van der Waals surface area (Å²) in [4.78, 5) is 2.40. The van der Waals surface area contributed by atoms with Crippen molar-refractivity contribution >= 4 is 0 Å². The summed E-state index contributed by atoms with van der Waals surface area (Å²) in [6.07, 6.45) is 2.43. The monoisotopic (exact) mass is 141 g/mol. The summed E-state index contributed by atoms with van der Waals surface area (Å²) in [5, 5.41) is 9.53. The van der Waals surface area contributed by atoms with Crippen LogP contribution in [0.15, 0.2) is 0 Å². The summed E-state index contributed by atoms with van der Waals surface area (Å²) in [7, 11) is 0. The van der Waals surface area contributed by atoms with Crippen LogP contribution in [-0.4, -0.2) is 35.2 Å². The first-order chi connectivity index (χ1) is 4.83. The van der Waals surface area contributed by atoms with Gasteiger partial charge in [0.15, 0.2) is 0 Å². The standard InChI is InChI=1S/C8H15NO/c1-2-6-7-3-4-9(7)5-8(6)10/h6-8,10H,2-5H2,1H3. The molecule has 0 saturated carbocycles. The van der Waals surface area contributed by atoms with Gasteiger partial charge in [0.1, 0.15) is 0 Å². The van der Waals surface area contributed by atoms with Crippen LogP contribution >= 0.6 is 0 Å². The van der Waals surface area contributed by atoms with Crippen LogP contribution in [0.5, 0.6) is 0 Å². The molecule has 2 heteroatoms. The van der Waals surface area contributed by atoms with Crippen molar-refractivity contribution in [3.8, 4) is 0 Å². The molecule has 0 aromatic carbocycles. The molecule has 3 unspecified atom stereocenters. The molecule has 0 radical (unpaired) electrons. The van der Waals surface area contributed by atoms with Gasteiger partial charge in [-0.1, -0.05) is 6.92 Å². The summed E-state index contributed by atoms with van der Waals surface area (Å²) in [6, 6.07) is 0.736. The number of aliphatic hydroxyl groups is 1. The Kier molecular flexibility index (Phi) is 1.46. The highest BCUT2D eigenvalue weighted by molar-refractivity contribution is 4.98. The highest BCUT2D eigenvalue weighted by Crippen LogP contribution is 2.35. The first kappa shape index (κ1) is 6.62. The highest BCUT2D eigenvalue weighted by atomic mass is 16.3. The quantitative estimate of drug-likeness (QED) is 0.573. The van der Waals surface area contributed by atoms with E-state index in [0.29, 0.717) is 5.92 Å². The second-order valence-electron chi connectivity index (χ2n) is 3.49. The predicted octanol–water partition coefficient (Wildman–Crippen LogP) is 0.461. The van der Waals surface area contributed by atoms with Crippen LogP contribution in [0.1, 0.15) is 19.8 Å². The molecule has 2 fully saturated rings. The maximum Gasteiger partial charge on any atom is 0.0710 e. The van der Waals surface area contributed by atoms with Crippen molar-refractivity contribution in [1.82, 2.24) is 4.90 Å². The largest absolute Gasteiger partial charge is 0.391 e. The Hall–Kier alpha value is -0.0800. The Labute approximate surface area is 61.8 Å². The zero-order chi connectivity index (χ0) is 7.14. The number of nitrogens with zero attached hydrogens (tertiary/aromatic N) is 1. The second-order valence-corrected chi connectivity index (χ2v) is 3.49. The van der Waals surface area contributed by atoms with Crippen molar-refractivity contribution in [1.29, 1.82) is 0 Å². The average Bonchev–Trinajstić information content (AvgIpc) is 2.09. The zero-order valence-corrected chi connectivity index (χ0v) is 6.45. The molecular formula is C8H15NO. The van der Waals surface area contributed by atoms with Gasteiger partial charge in [0.05, 0.1) is 6.10 Å². The Morgan fingerprint density at radius 2 is 2.40 bits per heavy atom. The molecule has 2 saturated heterocycles. The van der Waals surface area contributed by atoms with Gasteiger partial charge in [0.2, 0.25) is 0 Å². The molecule has 0 aliphatic carbocycles. The van der Waals surface area contributed by atoms with Crippen LogP contribution in [0, 0.1) is 5.92 Å². The lowest BCUT2D eigenvalue weighted by Gasteiger charge is -2.37. The van der Waals surface area contributed by atoms with Crippen molar-refractivity contribution < 1.29 is 5.11 Å². The minimum atomic E-state index is -0.0301. The topological polar surface area (TPSA) is 23.5 Å². The van der Waals surface area contributed by atoms with Crippen LogP contribution < -0.4 is 0 Å². The SMILES string of the molecule is CCC1C(O)CN2CCC12. The van der Waals surface area contributed by atoms with E-state index in [1.54, 1.807) is 0 Å². The molecule has 0 aromatic heterocycles. The van der Waals surface area contributed by atoms with Gasteiger partial charge in [-0.05, 0) is 12.8 Å². The fraction of sp³-hybridized carbons (Fsp3) is 1.00. The van der Waals surface area contributed by atoms with Crippen molar-refractivity contribution in [2.24, 2.45) is 5.92 Å². The molecule has 58 valence electrons. The normalized spacial score (nSPS) is 46.8. The third-order valence-electron chi connectivity index (χ3n) is 3.06. The molecule has 2 rings (SSSR count). The Balaban J connectivity index is 2.04. The summed E-state index contributed by atoms with van der Waals surface area (Å²) < 4.78 is 0. The molecule has 1 N–H and O–H groups in total. The number of aliphatic hydroxyl groups excluding tert-OH is 1. The van der Waals surface area contributed by atoms with E-state index >= 15 is 0 Å². The molecule has 2 aliphatic rings. The Morgan fingerprint density at radius 3 is 2.70 bits per heavy atom. The third-order valence-corrected chi connectivity index (χ3v) is 3.06. The van der Waals surface area contributed by atoms with Gasteiger partial charge in [-0.15, -0.1) is 0 Å². The van der Waals surface area contributed by atoms with Gasteiger partial charge in [0, 0.05) is 25.0 Å². The van der Waals surface area contributed by atoms with E-state index in [1.807, 2.05) is 0 Å². The van der Waals surface area contributed by atoms with E-state index in [0.717, 1.165) is 19.0 Å². The number of rotatable bonds is 1. The average molecular weight is 141 g/mol. The fourth-order valence-electron chi connectivity index (χ4n) is 2.35. The third kappa shape index (κ3) is 0.722. The summed E-state index contributed by atoms with van der Waals surface area (Å²) >= 11 is 0. The molecule has 3 atom stereocenters. The van der Waals surface area contributed by atoms with E-state index in [-0.39, 0.29) is 6.10 Å². The first-order valence-electron chi connectivity index (χ1n) is 4.25. The van der Waals surface area contributed by atoms with E-state index in [2.05, 4.69) is 11.8 Å². The van der Waals surface area contributed by atoms with Crippen molar-refractivity contribution in [2.45, 2.75) is 31.9 Å². The van der Waals surface area contributed by atoms with Crippen LogP contribution in [0.2, 0.25) is 0 Å². The van der Waals surface area contributed by atoms with Gasteiger partial charge in [-0.3, -0.25) is 4.90 Å². The maximum atomic E-state index is 9.53. The minimum Gasteiger partial charge on any atom is -0.391 e. The van der Waals surface area contributed by atoms with E-state index < -0.39 is 0 Å². The van der Waals surface area contributed by atoms with Gasteiger partial charge >= 0.3 is 0 Å². The minimum absolute atomic E-state index is 0.0301. The molecule has 2 nitrogen and oxygen atoms in total. The molecule has 2 aliphatic heterocycles. The molecule has 0 amide bonds. The van der Waals surface area contributed by atoms with Crippen LogP contribution in [0.25, 0.3) is 0 Å². The molecule has 0 aromatic rings. The van der Waals surface area contributed by atoms with E-state index in [4.69, 9.17) is 0 Å². The summed E-state index contributed by atoms with van der Waals surface area (Å²) in [6.45, 7) is 4.33. The fourth-order valence-corrected chi connectivity index (χ4v) is 2.35. The number of hydrogen-bond donors (Lipinski definition) is 1. The lowest BCUT2D eigenvalue weighted by molar-refractivity contribution is 0.109. The maximum absolute atomic E-state index is 9.53. The van der Waals surface area contributed by atoms with Crippen molar-refractivity contribution in [3.63, 3.8) is 0 Å². The lowest BCUT2D eigenvalue weighted by atomic mass is 9.90. The van der Waals surface area contributed by atoms with E-state index in [1.165, 1.54) is 13.0 Å². The van der Waals surface area contributed by atoms with Crippen molar-refractivity contribution in [2.75, 3.05) is 13.1 Å². The van der Waals surface area contributed by atoms with E-state index in [9.17, 15) is 5.11 Å². The summed E-state index contributed by atoms with van der Waals surface area (Å²) in [5.41, 5.74) is 0. The van der Waals surface area contributed by atoms with Crippen molar-refractivity contribution in [3.05, 3.63) is 0 Å². The van der Waals surface area contributed by atoms with Crippen LogP contribution in [0.3, 0.4) is 0 Å². The molecule has 0 bridgehead atoms. The highest BCUT2D eigenvalue weighted by Gasteiger charge is 2.44. The number of hydrogen-bond acceptors (Lipinski definition) is 2. The smallest absolute Gasteiger partial charge is 0.0710 e. The van der Waals surface area contributed by atoms with Gasteiger partial charge < -0.3 is 5.11 Å². The molecular weight excluding hydrogens is 126 g/mol. The first-order valence-corrected chi connectivity index (χ1v) is 4.25. The predicted molar refractivity (Wildman–Crippen MR) is 39.8 cm³/mol. The van der Waals surface area contributed by atoms with Gasteiger partial charge in [-0.25, -0.2) is 0 Å². The van der Waals surface area contributed by atoms with Crippen LogP contribution in [0.4, 0.5) is 0 Å². The molecule has 0 spiro atoms. The molecule has 2 heterocycles. The second kappa shape index (κ2) is 2.21. The Morgan fingerprint density at radius 1 is 1.60 bits per heavy atom. The summed E-state index contributed by atoms with van der Waals surface area (Å²) in [5.74, 6) is 0.578. The van der Waals surface area contributed by atoms with Gasteiger partial charge in [0.25, 0.3) is 0 Å². The number of fused-ring (bicyclic) bond motifs is 1. The lowest BCUT2D eigenvalue weighted by Crippen LogP contribution is -2.45. The van der Waals surface area contributed by atoms with Gasteiger partial charge in [-0.2, -0.15) is 0 Å². The Bertz CT molecular complexity index is 137. The zero-order valence-electron chi connectivity index (χ0n) is 6.45. The molecule has 10 heavy (non-hydrogen) atoms.